The molecule has 1 aromatic heterocycles. The van der Waals surface area contributed by atoms with Crippen LogP contribution >= 0.6 is 23.1 Å². The number of carbonyl (C=O) groups is 2. The largest absolute Gasteiger partial charge is 0.477 e. The molecule has 0 atom stereocenters. The van der Waals surface area contributed by atoms with Crippen LogP contribution in [0.1, 0.15) is 34.3 Å². The number of rotatable bonds is 10. The monoisotopic (exact) mass is 482 g/mol. The number of halogens is 1. The first-order valence-electron chi connectivity index (χ1n) is 10.4. The summed E-state index contributed by atoms with van der Waals surface area (Å²) in [5.41, 5.74) is 1.55. The molecule has 32 heavy (non-hydrogen) atoms. The molecule has 0 saturated carbocycles. The van der Waals surface area contributed by atoms with E-state index in [-0.39, 0.29) is 23.1 Å². The van der Waals surface area contributed by atoms with E-state index in [1.54, 1.807) is 6.07 Å². The third kappa shape index (κ3) is 7.06. The summed E-state index contributed by atoms with van der Waals surface area (Å²) in [4.78, 5) is 26.3. The summed E-state index contributed by atoms with van der Waals surface area (Å²) in [5.74, 6) is -1.29. The van der Waals surface area contributed by atoms with Gasteiger partial charge in [-0.1, -0.05) is 23.7 Å². The standard InChI is InChI=1S/C21H27ClN4O5S/c1-14-4-5-15(16(22)12-14)13-31-18-17(20(27)28)19(32-25-18)24-21(29)23-6-2-3-7-26-8-10-30-11-9-26/h4-5,12H,2-3,6-11,13H2,1H3,(H,27,28)(H2,23,24,29). The minimum Gasteiger partial charge on any atom is -0.477 e. The first kappa shape index (κ1) is 24.2. The maximum atomic E-state index is 12.2. The number of hydrogen-bond donors (Lipinski definition) is 3. The molecule has 0 aliphatic carbocycles. The Bertz CT molecular complexity index is 933. The van der Waals surface area contributed by atoms with Gasteiger partial charge in [0.1, 0.15) is 11.6 Å². The van der Waals surface area contributed by atoms with Crippen molar-refractivity contribution < 1.29 is 24.2 Å². The van der Waals surface area contributed by atoms with E-state index < -0.39 is 12.0 Å². The van der Waals surface area contributed by atoms with Gasteiger partial charge in [-0.15, -0.1) is 0 Å². The molecule has 0 unspecified atom stereocenters. The third-order valence-corrected chi connectivity index (χ3v) is 6.06. The van der Waals surface area contributed by atoms with E-state index in [0.29, 0.717) is 17.1 Å². The quantitative estimate of drug-likeness (QED) is 0.443. The van der Waals surface area contributed by atoms with E-state index in [2.05, 4.69) is 19.9 Å². The molecular weight excluding hydrogens is 456 g/mol. The molecule has 1 aromatic carbocycles. The fourth-order valence-electron chi connectivity index (χ4n) is 3.20. The summed E-state index contributed by atoms with van der Waals surface area (Å²) in [6, 6.07) is 5.03. The smallest absolute Gasteiger partial charge is 0.344 e. The summed E-state index contributed by atoms with van der Waals surface area (Å²) in [6.45, 7) is 6.87. The van der Waals surface area contributed by atoms with Gasteiger partial charge in [0.25, 0.3) is 0 Å². The summed E-state index contributed by atoms with van der Waals surface area (Å²) in [5, 5.41) is 15.5. The number of morpholine rings is 1. The van der Waals surface area contributed by atoms with E-state index in [9.17, 15) is 14.7 Å². The van der Waals surface area contributed by atoms with Gasteiger partial charge in [-0.3, -0.25) is 10.2 Å². The fourth-order valence-corrected chi connectivity index (χ4v) is 4.21. The van der Waals surface area contributed by atoms with Crippen LogP contribution in [0.25, 0.3) is 0 Å². The minimum atomic E-state index is -1.23. The number of aromatic carboxylic acids is 1. The Morgan fingerprint density at radius 3 is 2.81 bits per heavy atom. The van der Waals surface area contributed by atoms with Crippen LogP contribution in [-0.4, -0.2) is 65.8 Å². The molecule has 2 amide bonds. The van der Waals surface area contributed by atoms with Crippen molar-refractivity contribution in [3.8, 4) is 5.88 Å². The molecule has 2 heterocycles. The van der Waals surface area contributed by atoms with Crippen LogP contribution in [0.15, 0.2) is 18.2 Å². The maximum absolute atomic E-state index is 12.2. The number of nitrogens with zero attached hydrogens (tertiary/aromatic N) is 2. The number of nitrogens with one attached hydrogen (secondary N) is 2. The second-order valence-corrected chi connectivity index (χ2v) is 8.60. The van der Waals surface area contributed by atoms with Crippen LogP contribution in [0.4, 0.5) is 9.80 Å². The average molecular weight is 483 g/mol. The molecule has 9 nitrogen and oxygen atoms in total. The van der Waals surface area contributed by atoms with Crippen molar-refractivity contribution >= 4 is 40.1 Å². The SMILES string of the molecule is Cc1ccc(COc2nsc(NC(=O)NCCCCN3CCOCC3)c2C(=O)O)c(Cl)c1. The molecule has 3 N–H and O–H groups in total. The number of carboxylic acids is 1. The van der Waals surface area contributed by atoms with Crippen LogP contribution in [0.5, 0.6) is 5.88 Å². The van der Waals surface area contributed by atoms with E-state index in [4.69, 9.17) is 21.1 Å². The second kappa shape index (κ2) is 12.0. The lowest BCUT2D eigenvalue weighted by Crippen LogP contribution is -2.37. The summed E-state index contributed by atoms with van der Waals surface area (Å²) in [6.07, 6.45) is 1.78. The number of amides is 2. The number of benzene rings is 1. The molecule has 2 aromatic rings. The first-order chi connectivity index (χ1) is 15.4. The van der Waals surface area contributed by atoms with Crippen LogP contribution in [-0.2, 0) is 11.3 Å². The lowest BCUT2D eigenvalue weighted by molar-refractivity contribution is 0.0372. The highest BCUT2D eigenvalue weighted by Gasteiger charge is 2.23. The normalized spacial score (nSPS) is 14.2. The van der Waals surface area contributed by atoms with Crippen LogP contribution < -0.4 is 15.4 Å². The summed E-state index contributed by atoms with van der Waals surface area (Å²) < 4.78 is 15.0. The van der Waals surface area contributed by atoms with Crippen molar-refractivity contribution in [2.75, 3.05) is 44.7 Å². The van der Waals surface area contributed by atoms with Gasteiger partial charge in [0.05, 0.1) is 13.2 Å². The molecule has 1 aliphatic rings. The van der Waals surface area contributed by atoms with Crippen molar-refractivity contribution in [1.82, 2.24) is 14.6 Å². The number of aromatic nitrogens is 1. The Hall–Kier alpha value is -2.40. The summed E-state index contributed by atoms with van der Waals surface area (Å²) >= 11 is 7.06. The molecule has 0 spiro atoms. The molecule has 0 bridgehead atoms. The predicted molar refractivity (Wildman–Crippen MR) is 123 cm³/mol. The van der Waals surface area contributed by atoms with E-state index in [0.717, 1.165) is 62.8 Å². The van der Waals surface area contributed by atoms with Crippen LogP contribution in [0.3, 0.4) is 0 Å². The van der Waals surface area contributed by atoms with Crippen LogP contribution in [0.2, 0.25) is 5.02 Å². The molecule has 174 valence electrons. The lowest BCUT2D eigenvalue weighted by atomic mass is 10.2. The second-order valence-electron chi connectivity index (χ2n) is 7.42. The van der Waals surface area contributed by atoms with Crippen molar-refractivity contribution in [2.45, 2.75) is 26.4 Å². The number of urea groups is 1. The number of unbranched alkanes of at least 4 members (excludes halogenated alkanes) is 1. The fraction of sp³-hybridized carbons (Fsp3) is 0.476. The number of carbonyl (C=O) groups excluding carboxylic acids is 1. The van der Waals surface area contributed by atoms with Crippen molar-refractivity contribution in [1.29, 1.82) is 0 Å². The Balaban J connectivity index is 1.47. The molecule has 1 saturated heterocycles. The highest BCUT2D eigenvalue weighted by molar-refractivity contribution is 7.11. The van der Waals surface area contributed by atoms with Crippen molar-refractivity contribution in [3.05, 3.63) is 39.9 Å². The van der Waals surface area contributed by atoms with Gasteiger partial charge in [-0.2, -0.15) is 4.37 Å². The zero-order chi connectivity index (χ0) is 22.9. The summed E-state index contributed by atoms with van der Waals surface area (Å²) in [7, 11) is 0. The third-order valence-electron chi connectivity index (χ3n) is 4.97. The van der Waals surface area contributed by atoms with Gasteiger partial charge < -0.3 is 19.9 Å². The number of ether oxygens (including phenoxy) is 2. The zero-order valence-electron chi connectivity index (χ0n) is 17.9. The molecule has 3 rings (SSSR count). The van der Waals surface area contributed by atoms with Crippen molar-refractivity contribution in [3.63, 3.8) is 0 Å². The predicted octanol–water partition coefficient (Wildman–Crippen LogP) is 3.62. The highest BCUT2D eigenvalue weighted by Crippen LogP contribution is 2.31. The Morgan fingerprint density at radius 1 is 1.31 bits per heavy atom. The van der Waals surface area contributed by atoms with Crippen LogP contribution in [0, 0.1) is 6.92 Å². The van der Waals surface area contributed by atoms with Gasteiger partial charge in [-0.05, 0) is 49.5 Å². The zero-order valence-corrected chi connectivity index (χ0v) is 19.4. The highest BCUT2D eigenvalue weighted by atomic mass is 35.5. The Labute approximate surface area is 195 Å². The molecular formula is C21H27ClN4O5S. The topological polar surface area (TPSA) is 113 Å². The number of anilines is 1. The Kier molecular flexibility index (Phi) is 9.10. The Morgan fingerprint density at radius 2 is 2.09 bits per heavy atom. The maximum Gasteiger partial charge on any atom is 0.344 e. The van der Waals surface area contributed by atoms with Gasteiger partial charge >= 0.3 is 12.0 Å². The molecule has 11 heteroatoms. The van der Waals surface area contributed by atoms with E-state index in [1.165, 1.54) is 0 Å². The molecule has 1 aliphatic heterocycles. The molecule has 0 radical (unpaired) electrons. The molecule has 1 fully saturated rings. The number of carboxylic acid groups (broad SMARTS) is 1. The lowest BCUT2D eigenvalue weighted by Gasteiger charge is -2.26. The number of aryl methyl sites for hydroxylation is 1. The van der Waals surface area contributed by atoms with E-state index in [1.807, 2.05) is 19.1 Å². The van der Waals surface area contributed by atoms with Gasteiger partial charge in [-0.25, -0.2) is 9.59 Å². The van der Waals surface area contributed by atoms with Crippen molar-refractivity contribution in [2.24, 2.45) is 0 Å². The van der Waals surface area contributed by atoms with E-state index >= 15 is 0 Å². The first-order valence-corrected chi connectivity index (χ1v) is 11.5. The number of hydrogen-bond acceptors (Lipinski definition) is 7. The van der Waals surface area contributed by atoms with Gasteiger partial charge in [0, 0.05) is 30.2 Å². The average Bonchev–Trinajstić information content (AvgIpc) is 3.16. The van der Waals surface area contributed by atoms with Gasteiger partial charge in [0.15, 0.2) is 5.56 Å². The minimum absolute atomic E-state index is 0.0556. The van der Waals surface area contributed by atoms with Gasteiger partial charge in [0.2, 0.25) is 5.88 Å².